The number of aromatic hydroxyl groups is 2. The number of carbonyl (C=O) groups is 2. The molecule has 0 saturated heterocycles. The fraction of sp³-hybridized carbons (Fsp3) is 0.167. The first-order valence-corrected chi connectivity index (χ1v) is 9.72. The zero-order valence-electron chi connectivity index (χ0n) is 17.2. The molecule has 31 heavy (non-hydrogen) atoms. The molecule has 0 aromatic heterocycles. The predicted octanol–water partition coefficient (Wildman–Crippen LogP) is 4.34. The topological polar surface area (TPSA) is 105 Å². The van der Waals surface area contributed by atoms with E-state index in [1.165, 1.54) is 12.1 Å². The van der Waals surface area contributed by atoms with Gasteiger partial charge in [-0.1, -0.05) is 48.5 Å². The number of phenolic OH excluding ortho intramolecular Hbond substituents is 2. The van der Waals surface area contributed by atoms with E-state index in [1.54, 1.807) is 61.5 Å². The van der Waals surface area contributed by atoms with Crippen LogP contribution in [0.1, 0.15) is 34.5 Å². The van der Waals surface area contributed by atoms with Gasteiger partial charge in [-0.05, 0) is 37.6 Å². The van der Waals surface area contributed by atoms with Crippen LogP contribution >= 0.6 is 0 Å². The van der Waals surface area contributed by atoms with E-state index < -0.39 is 29.5 Å². The Hall–Kier alpha value is -4.00. The minimum Gasteiger partial charge on any atom is -0.504 e. The predicted molar refractivity (Wildman–Crippen MR) is 115 cm³/mol. The molecule has 0 spiro atoms. The normalized spacial score (nSPS) is 11.4. The maximum atomic E-state index is 13.1. The second-order valence-electron chi connectivity index (χ2n) is 6.74. The SMILES string of the molecule is CCOc1ccccc1NC(=O)C(OC(=O)c1ccc(C)c(O)c1O)c1ccccc1. The maximum Gasteiger partial charge on any atom is 0.343 e. The number of aryl methyl sites for hydroxylation is 1. The molecule has 0 radical (unpaired) electrons. The summed E-state index contributed by atoms with van der Waals surface area (Å²) >= 11 is 0. The van der Waals surface area contributed by atoms with E-state index in [-0.39, 0.29) is 5.56 Å². The molecule has 0 aliphatic carbocycles. The van der Waals surface area contributed by atoms with Gasteiger partial charge in [0.05, 0.1) is 12.3 Å². The van der Waals surface area contributed by atoms with Crippen LogP contribution in [0, 0.1) is 6.92 Å². The van der Waals surface area contributed by atoms with Crippen molar-refractivity contribution in [2.45, 2.75) is 20.0 Å². The number of benzene rings is 3. The Morgan fingerprint density at radius 2 is 1.61 bits per heavy atom. The van der Waals surface area contributed by atoms with Gasteiger partial charge in [-0.15, -0.1) is 0 Å². The van der Waals surface area contributed by atoms with Gasteiger partial charge in [0.15, 0.2) is 11.5 Å². The van der Waals surface area contributed by atoms with Crippen molar-refractivity contribution in [2.75, 3.05) is 11.9 Å². The largest absolute Gasteiger partial charge is 0.504 e. The van der Waals surface area contributed by atoms with Gasteiger partial charge in [0.25, 0.3) is 5.91 Å². The molecule has 3 aromatic rings. The second-order valence-corrected chi connectivity index (χ2v) is 6.74. The lowest BCUT2D eigenvalue weighted by Crippen LogP contribution is -2.26. The fourth-order valence-electron chi connectivity index (χ4n) is 2.97. The molecular weight excluding hydrogens is 398 g/mol. The third kappa shape index (κ3) is 4.95. The highest BCUT2D eigenvalue weighted by Crippen LogP contribution is 2.34. The van der Waals surface area contributed by atoms with Crippen molar-refractivity contribution in [2.24, 2.45) is 0 Å². The third-order valence-electron chi connectivity index (χ3n) is 4.58. The number of hydrogen-bond acceptors (Lipinski definition) is 6. The quantitative estimate of drug-likeness (QED) is 0.387. The Balaban J connectivity index is 1.90. The number of esters is 1. The molecule has 1 unspecified atom stereocenters. The monoisotopic (exact) mass is 421 g/mol. The standard InChI is InChI=1S/C24H23NO6/c1-3-30-19-12-8-7-11-18(19)25-23(28)22(16-9-5-4-6-10-16)31-24(29)17-14-13-15(2)20(26)21(17)27/h4-14,22,26-27H,3H2,1-2H3,(H,25,28). The van der Waals surface area contributed by atoms with Crippen LogP contribution < -0.4 is 10.1 Å². The number of para-hydroxylation sites is 2. The second kappa shape index (κ2) is 9.67. The summed E-state index contributed by atoms with van der Waals surface area (Å²) in [5.74, 6) is -2.07. The molecule has 160 valence electrons. The summed E-state index contributed by atoms with van der Waals surface area (Å²) < 4.78 is 11.0. The molecule has 3 rings (SSSR count). The number of phenols is 2. The van der Waals surface area contributed by atoms with E-state index in [2.05, 4.69) is 5.32 Å². The number of ether oxygens (including phenoxy) is 2. The molecule has 1 amide bonds. The minimum absolute atomic E-state index is 0.244. The van der Waals surface area contributed by atoms with Crippen LogP contribution in [0.3, 0.4) is 0 Å². The average molecular weight is 421 g/mol. The van der Waals surface area contributed by atoms with Gasteiger partial charge in [-0.3, -0.25) is 4.79 Å². The lowest BCUT2D eigenvalue weighted by molar-refractivity contribution is -0.125. The molecule has 1 atom stereocenters. The van der Waals surface area contributed by atoms with Crippen LogP contribution in [-0.4, -0.2) is 28.7 Å². The van der Waals surface area contributed by atoms with E-state index in [0.717, 1.165) is 0 Å². The molecule has 0 fully saturated rings. The van der Waals surface area contributed by atoms with Gasteiger partial charge in [0, 0.05) is 5.56 Å². The van der Waals surface area contributed by atoms with Gasteiger partial charge >= 0.3 is 5.97 Å². The number of rotatable bonds is 7. The van der Waals surface area contributed by atoms with Crippen molar-refractivity contribution in [3.63, 3.8) is 0 Å². The van der Waals surface area contributed by atoms with E-state index in [9.17, 15) is 19.8 Å². The Morgan fingerprint density at radius 1 is 0.935 bits per heavy atom. The highest BCUT2D eigenvalue weighted by molar-refractivity contribution is 6.00. The molecular formula is C24H23NO6. The summed E-state index contributed by atoms with van der Waals surface area (Å²) in [7, 11) is 0. The molecule has 7 heteroatoms. The van der Waals surface area contributed by atoms with Gasteiger partial charge in [-0.2, -0.15) is 0 Å². The van der Waals surface area contributed by atoms with Crippen LogP contribution in [0.4, 0.5) is 5.69 Å². The van der Waals surface area contributed by atoms with Crippen molar-refractivity contribution in [1.29, 1.82) is 0 Å². The van der Waals surface area contributed by atoms with Gasteiger partial charge < -0.3 is 25.0 Å². The zero-order valence-corrected chi connectivity index (χ0v) is 17.2. The number of anilines is 1. The minimum atomic E-state index is -1.30. The van der Waals surface area contributed by atoms with Crippen molar-refractivity contribution < 1.29 is 29.3 Å². The fourth-order valence-corrected chi connectivity index (χ4v) is 2.97. The molecule has 0 heterocycles. The number of hydrogen-bond donors (Lipinski definition) is 3. The molecule has 3 N–H and O–H groups in total. The maximum absolute atomic E-state index is 13.1. The van der Waals surface area contributed by atoms with E-state index >= 15 is 0 Å². The smallest absolute Gasteiger partial charge is 0.343 e. The highest BCUT2D eigenvalue weighted by atomic mass is 16.5. The molecule has 7 nitrogen and oxygen atoms in total. The lowest BCUT2D eigenvalue weighted by Gasteiger charge is -2.19. The summed E-state index contributed by atoms with van der Waals surface area (Å²) in [6.07, 6.45) is -1.30. The zero-order chi connectivity index (χ0) is 22.4. The first-order valence-electron chi connectivity index (χ1n) is 9.72. The van der Waals surface area contributed by atoms with E-state index in [0.29, 0.717) is 29.2 Å². The molecule has 0 saturated carbocycles. The summed E-state index contributed by atoms with van der Waals surface area (Å²) in [4.78, 5) is 25.8. The van der Waals surface area contributed by atoms with Crippen LogP contribution in [0.5, 0.6) is 17.2 Å². The first-order chi connectivity index (χ1) is 14.9. The summed E-state index contributed by atoms with van der Waals surface area (Å²) in [5.41, 5.74) is 1.03. The van der Waals surface area contributed by atoms with Crippen LogP contribution in [0.2, 0.25) is 0 Å². The number of carbonyl (C=O) groups excluding carboxylic acids is 2. The van der Waals surface area contributed by atoms with Crippen LogP contribution in [-0.2, 0) is 9.53 Å². The highest BCUT2D eigenvalue weighted by Gasteiger charge is 2.28. The van der Waals surface area contributed by atoms with Crippen molar-refractivity contribution in [1.82, 2.24) is 0 Å². The Labute approximate surface area is 179 Å². The van der Waals surface area contributed by atoms with E-state index in [1.807, 2.05) is 6.92 Å². The molecule has 0 bridgehead atoms. The lowest BCUT2D eigenvalue weighted by atomic mass is 10.1. The summed E-state index contributed by atoms with van der Waals surface area (Å²) in [5, 5.41) is 22.8. The number of nitrogens with one attached hydrogen (secondary N) is 1. The molecule has 3 aromatic carbocycles. The van der Waals surface area contributed by atoms with Crippen LogP contribution in [0.25, 0.3) is 0 Å². The Morgan fingerprint density at radius 3 is 2.32 bits per heavy atom. The van der Waals surface area contributed by atoms with Crippen molar-refractivity contribution in [3.8, 4) is 17.2 Å². The van der Waals surface area contributed by atoms with Gasteiger partial charge in [-0.25, -0.2) is 4.79 Å². The molecule has 0 aliphatic rings. The molecule has 0 aliphatic heterocycles. The van der Waals surface area contributed by atoms with Crippen molar-refractivity contribution in [3.05, 3.63) is 83.4 Å². The van der Waals surface area contributed by atoms with Gasteiger partial charge in [0.2, 0.25) is 6.10 Å². The first kappa shape index (κ1) is 21.7. The van der Waals surface area contributed by atoms with Gasteiger partial charge in [0.1, 0.15) is 11.3 Å². The van der Waals surface area contributed by atoms with Crippen LogP contribution in [0.15, 0.2) is 66.7 Å². The Bertz CT molecular complexity index is 1080. The Kier molecular flexibility index (Phi) is 6.77. The average Bonchev–Trinajstić information content (AvgIpc) is 2.78. The number of amides is 1. The summed E-state index contributed by atoms with van der Waals surface area (Å²) in [6, 6.07) is 18.2. The third-order valence-corrected chi connectivity index (χ3v) is 4.58. The van der Waals surface area contributed by atoms with E-state index in [4.69, 9.17) is 9.47 Å². The van der Waals surface area contributed by atoms with Crippen molar-refractivity contribution >= 4 is 17.6 Å². The summed E-state index contributed by atoms with van der Waals surface area (Å²) in [6.45, 7) is 3.83.